The third kappa shape index (κ3) is 3.43. The quantitative estimate of drug-likeness (QED) is 0.741. The summed E-state index contributed by atoms with van der Waals surface area (Å²) in [4.78, 5) is 11.2. The number of primary amides is 1. The van der Waals surface area contributed by atoms with Crippen LogP contribution in [0.5, 0.6) is 0 Å². The Balaban J connectivity index is 2.67. The van der Waals surface area contributed by atoms with Crippen molar-refractivity contribution in [2.75, 3.05) is 0 Å². The molecule has 15 heavy (non-hydrogen) atoms. The highest BCUT2D eigenvalue weighted by molar-refractivity contribution is 5.81. The van der Waals surface area contributed by atoms with E-state index in [9.17, 15) is 4.79 Å². The number of rotatable bonds is 5. The maximum Gasteiger partial charge on any atom is 0.224 e. The number of carbonyl (C=O) groups excluding carboxylic acids is 1. The van der Waals surface area contributed by atoms with Gasteiger partial charge in [0.25, 0.3) is 0 Å². The normalized spacial score (nSPS) is 11.7. The van der Waals surface area contributed by atoms with Crippen LogP contribution in [-0.2, 0) is 4.79 Å². The second-order valence-electron chi connectivity index (χ2n) is 3.42. The van der Waals surface area contributed by atoms with Crippen LogP contribution >= 0.6 is 0 Å². The van der Waals surface area contributed by atoms with Gasteiger partial charge in [-0.1, -0.05) is 30.3 Å². The first kappa shape index (κ1) is 11.3. The molecule has 1 rings (SSSR count). The lowest BCUT2D eigenvalue weighted by atomic mass is 9.93. The Hall–Kier alpha value is -1.82. The highest BCUT2D eigenvalue weighted by Crippen LogP contribution is 2.21. The molecule has 1 aromatic carbocycles. The fourth-order valence-corrected chi connectivity index (χ4v) is 1.54. The van der Waals surface area contributed by atoms with E-state index in [1.807, 2.05) is 30.3 Å². The number of carbonyl (C=O) groups is 1. The summed E-state index contributed by atoms with van der Waals surface area (Å²) in [5.74, 6) is -0.585. The Morgan fingerprint density at radius 1 is 1.40 bits per heavy atom. The fourth-order valence-electron chi connectivity index (χ4n) is 1.54. The van der Waals surface area contributed by atoms with Crippen molar-refractivity contribution in [3.63, 3.8) is 0 Å². The number of nitrogens with two attached hydrogens (primary N) is 1. The predicted molar refractivity (Wildman–Crippen MR) is 57.8 cm³/mol. The molecule has 0 spiro atoms. The van der Waals surface area contributed by atoms with Gasteiger partial charge in [0.1, 0.15) is 0 Å². The average Bonchev–Trinajstić information content (AvgIpc) is 2.25. The first-order valence-electron chi connectivity index (χ1n) is 4.97. The van der Waals surface area contributed by atoms with E-state index in [1.165, 1.54) is 0 Å². The Kier molecular flexibility index (Phi) is 4.36. The third-order valence-electron chi connectivity index (χ3n) is 2.33. The van der Waals surface area contributed by atoms with Gasteiger partial charge < -0.3 is 5.73 Å². The van der Waals surface area contributed by atoms with Gasteiger partial charge in [-0.3, -0.25) is 4.79 Å². The molecule has 3 heteroatoms. The van der Waals surface area contributed by atoms with Crippen molar-refractivity contribution in [1.82, 2.24) is 0 Å². The fraction of sp³-hybridized carbons (Fsp3) is 0.333. The van der Waals surface area contributed by atoms with Crippen LogP contribution in [0.15, 0.2) is 30.3 Å². The van der Waals surface area contributed by atoms with Crippen molar-refractivity contribution in [3.8, 4) is 6.07 Å². The summed E-state index contributed by atoms with van der Waals surface area (Å²) in [5, 5.41) is 8.42. The van der Waals surface area contributed by atoms with E-state index in [-0.39, 0.29) is 11.8 Å². The van der Waals surface area contributed by atoms with E-state index in [2.05, 4.69) is 6.07 Å². The molecule has 1 unspecified atom stereocenters. The number of hydrogen-bond acceptors (Lipinski definition) is 2. The van der Waals surface area contributed by atoms with Crippen LogP contribution in [0.3, 0.4) is 0 Å². The molecule has 1 aromatic rings. The summed E-state index contributed by atoms with van der Waals surface area (Å²) in [5.41, 5.74) is 6.26. The zero-order chi connectivity index (χ0) is 11.1. The lowest BCUT2D eigenvalue weighted by molar-refractivity contribution is -0.119. The van der Waals surface area contributed by atoms with Crippen molar-refractivity contribution >= 4 is 5.91 Å². The first-order chi connectivity index (χ1) is 7.25. The van der Waals surface area contributed by atoms with Gasteiger partial charge in [-0.25, -0.2) is 0 Å². The van der Waals surface area contributed by atoms with Gasteiger partial charge in [0.2, 0.25) is 5.91 Å². The second kappa shape index (κ2) is 5.82. The van der Waals surface area contributed by atoms with Gasteiger partial charge in [0.15, 0.2) is 0 Å². The molecule has 0 aliphatic rings. The van der Waals surface area contributed by atoms with Crippen LogP contribution in [0, 0.1) is 11.3 Å². The third-order valence-corrected chi connectivity index (χ3v) is 2.33. The number of unbranched alkanes of at least 4 members (excludes halogenated alkanes) is 1. The van der Waals surface area contributed by atoms with Crippen molar-refractivity contribution in [3.05, 3.63) is 35.9 Å². The lowest BCUT2D eigenvalue weighted by Crippen LogP contribution is -2.21. The molecule has 0 radical (unpaired) electrons. The van der Waals surface area contributed by atoms with E-state index in [0.29, 0.717) is 19.3 Å². The molecule has 2 N–H and O–H groups in total. The number of benzene rings is 1. The van der Waals surface area contributed by atoms with E-state index in [1.54, 1.807) is 0 Å². The summed E-state index contributed by atoms with van der Waals surface area (Å²) in [7, 11) is 0. The molecule has 0 aliphatic carbocycles. The maximum absolute atomic E-state index is 11.2. The molecule has 0 heterocycles. The van der Waals surface area contributed by atoms with Crippen LogP contribution in [0.4, 0.5) is 0 Å². The van der Waals surface area contributed by atoms with E-state index >= 15 is 0 Å². The topological polar surface area (TPSA) is 66.9 Å². The molecule has 1 amide bonds. The number of nitrogens with zero attached hydrogens (tertiary/aromatic N) is 1. The van der Waals surface area contributed by atoms with Gasteiger partial charge in [-0.2, -0.15) is 5.26 Å². The highest BCUT2D eigenvalue weighted by atomic mass is 16.1. The zero-order valence-electron chi connectivity index (χ0n) is 8.52. The molecule has 0 aliphatic heterocycles. The molecule has 78 valence electrons. The van der Waals surface area contributed by atoms with Crippen LogP contribution < -0.4 is 5.73 Å². The number of amides is 1. The van der Waals surface area contributed by atoms with Crippen molar-refractivity contribution in [1.29, 1.82) is 5.26 Å². The maximum atomic E-state index is 11.2. The summed E-state index contributed by atoms with van der Waals surface area (Å²) in [6, 6.07) is 11.5. The summed E-state index contributed by atoms with van der Waals surface area (Å²) < 4.78 is 0. The van der Waals surface area contributed by atoms with Crippen LogP contribution in [-0.4, -0.2) is 5.91 Å². The minimum atomic E-state index is -0.320. The molecule has 0 bridgehead atoms. The largest absolute Gasteiger partial charge is 0.369 e. The Morgan fingerprint density at radius 2 is 2.07 bits per heavy atom. The van der Waals surface area contributed by atoms with Crippen molar-refractivity contribution in [2.45, 2.75) is 25.2 Å². The molecule has 0 saturated carbocycles. The van der Waals surface area contributed by atoms with E-state index in [4.69, 9.17) is 11.0 Å². The second-order valence-corrected chi connectivity index (χ2v) is 3.42. The van der Waals surface area contributed by atoms with Crippen LogP contribution in [0.2, 0.25) is 0 Å². The molecular weight excluding hydrogens is 188 g/mol. The molecule has 0 aromatic heterocycles. The van der Waals surface area contributed by atoms with Gasteiger partial charge in [0, 0.05) is 6.42 Å². The number of nitriles is 1. The molecule has 0 saturated heterocycles. The number of hydrogen-bond donors (Lipinski definition) is 1. The first-order valence-corrected chi connectivity index (χ1v) is 4.97. The van der Waals surface area contributed by atoms with E-state index < -0.39 is 0 Å². The Morgan fingerprint density at radius 3 is 2.60 bits per heavy atom. The zero-order valence-corrected chi connectivity index (χ0v) is 8.52. The lowest BCUT2D eigenvalue weighted by Gasteiger charge is -2.12. The minimum absolute atomic E-state index is 0.264. The van der Waals surface area contributed by atoms with Gasteiger partial charge >= 0.3 is 0 Å². The smallest absolute Gasteiger partial charge is 0.224 e. The SMILES string of the molecule is N#CCCCC(C(N)=O)c1ccccc1. The molecular formula is C12H14N2O. The van der Waals surface area contributed by atoms with Crippen LogP contribution in [0.1, 0.15) is 30.7 Å². The van der Waals surface area contributed by atoms with Crippen molar-refractivity contribution < 1.29 is 4.79 Å². The van der Waals surface area contributed by atoms with Gasteiger partial charge in [0.05, 0.1) is 12.0 Å². The average molecular weight is 202 g/mol. The minimum Gasteiger partial charge on any atom is -0.369 e. The standard InChI is InChI=1S/C12H14N2O/c13-9-5-4-8-11(12(14)15)10-6-2-1-3-7-10/h1-3,6-7,11H,4-5,8H2,(H2,14,15). The van der Waals surface area contributed by atoms with Gasteiger partial charge in [-0.15, -0.1) is 0 Å². The Bertz CT molecular complexity index is 354. The molecule has 1 atom stereocenters. The van der Waals surface area contributed by atoms with Crippen molar-refractivity contribution in [2.24, 2.45) is 5.73 Å². The molecule has 3 nitrogen and oxygen atoms in total. The molecule has 0 fully saturated rings. The monoisotopic (exact) mass is 202 g/mol. The summed E-state index contributed by atoms with van der Waals surface area (Å²) >= 11 is 0. The highest BCUT2D eigenvalue weighted by Gasteiger charge is 2.16. The van der Waals surface area contributed by atoms with Crippen LogP contribution in [0.25, 0.3) is 0 Å². The summed E-state index contributed by atoms with van der Waals surface area (Å²) in [6.07, 6.45) is 1.82. The predicted octanol–water partition coefficient (Wildman–Crippen LogP) is 1.95. The van der Waals surface area contributed by atoms with Gasteiger partial charge in [-0.05, 0) is 18.4 Å². The van der Waals surface area contributed by atoms with E-state index in [0.717, 1.165) is 5.56 Å². The summed E-state index contributed by atoms with van der Waals surface area (Å²) in [6.45, 7) is 0. The Labute approximate surface area is 89.5 Å².